The molecule has 144 valence electrons. The summed E-state index contributed by atoms with van der Waals surface area (Å²) in [6.07, 6.45) is 2.00. The first kappa shape index (κ1) is 19.6. The van der Waals surface area contributed by atoms with Crippen LogP contribution in [0.1, 0.15) is 67.7 Å². The summed E-state index contributed by atoms with van der Waals surface area (Å²) in [5, 5.41) is 0. The smallest absolute Gasteiger partial charge is 0.242 e. The molecule has 0 saturated heterocycles. The van der Waals surface area contributed by atoms with Gasteiger partial charge in [0.25, 0.3) is 0 Å². The van der Waals surface area contributed by atoms with Crippen LogP contribution in [0.15, 0.2) is 53.5 Å². The summed E-state index contributed by atoms with van der Waals surface area (Å²) in [7, 11) is 1.72. The fourth-order valence-electron chi connectivity index (χ4n) is 3.27. The van der Waals surface area contributed by atoms with Gasteiger partial charge in [0.15, 0.2) is 0 Å². The Morgan fingerprint density at radius 2 is 1.67 bits per heavy atom. The van der Waals surface area contributed by atoms with Gasteiger partial charge in [-0.3, -0.25) is 0 Å². The molecule has 1 N–H and O–H groups in total. The van der Waals surface area contributed by atoms with E-state index in [0.717, 1.165) is 18.4 Å². The third-order valence-electron chi connectivity index (χ3n) is 5.12. The minimum atomic E-state index is 0.0139. The number of methoxy groups -OCH3 is 1. The zero-order valence-electron chi connectivity index (χ0n) is 16.7. The largest absolute Gasteiger partial charge is 0.386 e. The number of nitrogens with zero attached hydrogens (tertiary/aromatic N) is 1. The molecule has 1 heterocycles. The minimum absolute atomic E-state index is 0.0139. The molecule has 3 rings (SSSR count). The topological polar surface area (TPSA) is 42.9 Å². The van der Waals surface area contributed by atoms with Crippen LogP contribution in [0.5, 0.6) is 0 Å². The van der Waals surface area contributed by atoms with E-state index in [1.807, 2.05) is 0 Å². The number of aliphatic imine (C=N–C) groups is 1. The molecule has 2 atom stereocenters. The van der Waals surface area contributed by atoms with Gasteiger partial charge in [-0.2, -0.15) is 0 Å². The van der Waals surface area contributed by atoms with Gasteiger partial charge in [0.2, 0.25) is 5.90 Å². The average Bonchev–Trinajstić information content (AvgIpc) is 3.16. The molecule has 0 radical (unpaired) electrons. The van der Waals surface area contributed by atoms with Gasteiger partial charge in [0.05, 0.1) is 6.61 Å². The second-order valence-electron chi connectivity index (χ2n) is 7.60. The highest BCUT2D eigenvalue weighted by Crippen LogP contribution is 2.24. The summed E-state index contributed by atoms with van der Waals surface area (Å²) in [4.78, 5) is 10.3. The first-order valence-corrected chi connectivity index (χ1v) is 9.75. The summed E-state index contributed by atoms with van der Waals surface area (Å²) in [5.74, 6) is 1.70. The molecule has 4 nitrogen and oxygen atoms in total. The summed E-state index contributed by atoms with van der Waals surface area (Å²) < 4.78 is 5.17. The number of nitrogens with one attached hydrogen (secondary N) is 1. The van der Waals surface area contributed by atoms with Crippen LogP contribution in [0.4, 0.5) is 0 Å². The van der Waals surface area contributed by atoms with Crippen molar-refractivity contribution < 1.29 is 9.57 Å². The molecule has 0 bridgehead atoms. The van der Waals surface area contributed by atoms with Crippen LogP contribution in [0, 0.1) is 0 Å². The number of ether oxygens (including phenoxy) is 1. The van der Waals surface area contributed by atoms with Gasteiger partial charge < -0.3 is 9.57 Å². The number of rotatable bonds is 8. The number of hydrogen-bond donors (Lipinski definition) is 1. The van der Waals surface area contributed by atoms with E-state index >= 15 is 0 Å². The zero-order chi connectivity index (χ0) is 19.2. The van der Waals surface area contributed by atoms with Crippen LogP contribution in [0.25, 0.3) is 0 Å². The van der Waals surface area contributed by atoms with Crippen molar-refractivity contribution in [1.82, 2.24) is 5.48 Å². The van der Waals surface area contributed by atoms with Crippen molar-refractivity contribution in [2.75, 3.05) is 7.11 Å². The molecule has 0 aromatic heterocycles. The minimum Gasteiger partial charge on any atom is -0.386 e. The lowest BCUT2D eigenvalue weighted by atomic mass is 9.95. The molecule has 0 fully saturated rings. The Morgan fingerprint density at radius 3 is 2.30 bits per heavy atom. The second-order valence-corrected chi connectivity index (χ2v) is 7.60. The van der Waals surface area contributed by atoms with Gasteiger partial charge in [-0.25, -0.2) is 4.99 Å². The van der Waals surface area contributed by atoms with Crippen molar-refractivity contribution in [3.63, 3.8) is 0 Å². The van der Waals surface area contributed by atoms with Crippen LogP contribution >= 0.6 is 0 Å². The Kier molecular flexibility index (Phi) is 6.64. The predicted octanol–water partition coefficient (Wildman–Crippen LogP) is 5.15. The molecule has 4 heteroatoms. The second kappa shape index (κ2) is 9.16. The molecule has 0 spiro atoms. The van der Waals surface area contributed by atoms with Gasteiger partial charge in [0, 0.05) is 12.7 Å². The molecule has 0 saturated carbocycles. The maximum Gasteiger partial charge on any atom is 0.242 e. The number of hydroxylamine groups is 1. The Balaban J connectivity index is 1.54. The summed E-state index contributed by atoms with van der Waals surface area (Å²) in [6, 6.07) is 17.1. The SMILES string of the molecule is COCc1ccc(C(C)CCC2N=C(c3ccc(C(C)C)cc3)ON2)cc1. The molecule has 2 aromatic carbocycles. The molecular formula is C23H30N2O2. The first-order chi connectivity index (χ1) is 13.1. The Hall–Kier alpha value is -2.17. The molecular weight excluding hydrogens is 336 g/mol. The predicted molar refractivity (Wildman–Crippen MR) is 110 cm³/mol. The van der Waals surface area contributed by atoms with E-state index < -0.39 is 0 Å². The van der Waals surface area contributed by atoms with E-state index in [2.05, 4.69) is 74.8 Å². The third-order valence-corrected chi connectivity index (χ3v) is 5.12. The first-order valence-electron chi connectivity index (χ1n) is 9.75. The molecule has 1 aliphatic rings. The maximum atomic E-state index is 5.62. The van der Waals surface area contributed by atoms with Crippen LogP contribution in [-0.4, -0.2) is 19.2 Å². The molecule has 2 aromatic rings. The van der Waals surface area contributed by atoms with Gasteiger partial charge in [-0.05, 0) is 53.5 Å². The molecule has 27 heavy (non-hydrogen) atoms. The van der Waals surface area contributed by atoms with Crippen molar-refractivity contribution in [3.8, 4) is 0 Å². The Labute approximate surface area is 162 Å². The summed E-state index contributed by atoms with van der Waals surface area (Å²) in [6.45, 7) is 7.31. The van der Waals surface area contributed by atoms with Gasteiger partial charge in [0.1, 0.15) is 6.17 Å². The van der Waals surface area contributed by atoms with E-state index in [1.54, 1.807) is 7.11 Å². The quantitative estimate of drug-likeness (QED) is 0.703. The highest BCUT2D eigenvalue weighted by atomic mass is 16.7. The Morgan fingerprint density at radius 1 is 1.00 bits per heavy atom. The lowest BCUT2D eigenvalue weighted by Crippen LogP contribution is -2.21. The van der Waals surface area contributed by atoms with Crippen molar-refractivity contribution >= 4 is 5.90 Å². The average molecular weight is 367 g/mol. The highest BCUT2D eigenvalue weighted by molar-refractivity contribution is 5.94. The van der Waals surface area contributed by atoms with Crippen molar-refractivity contribution in [3.05, 3.63) is 70.8 Å². The molecule has 0 amide bonds. The van der Waals surface area contributed by atoms with Gasteiger partial charge >= 0.3 is 0 Å². The monoisotopic (exact) mass is 366 g/mol. The van der Waals surface area contributed by atoms with Crippen LogP contribution in [-0.2, 0) is 16.2 Å². The number of hydrogen-bond acceptors (Lipinski definition) is 4. The van der Waals surface area contributed by atoms with Crippen molar-refractivity contribution in [2.45, 2.75) is 58.2 Å². The van der Waals surface area contributed by atoms with E-state index in [1.165, 1.54) is 16.7 Å². The van der Waals surface area contributed by atoms with E-state index in [9.17, 15) is 0 Å². The fourth-order valence-corrected chi connectivity index (χ4v) is 3.27. The standard InChI is InChI=1S/C23H30N2O2/c1-16(2)19-10-12-21(13-11-19)23-24-22(25-27-23)14-5-17(3)20-8-6-18(7-9-20)15-26-4/h6-13,16-17,22,25H,5,14-15H2,1-4H3. The fraction of sp³-hybridized carbons (Fsp3) is 0.435. The van der Waals surface area contributed by atoms with Gasteiger partial charge in [-0.1, -0.05) is 57.2 Å². The summed E-state index contributed by atoms with van der Waals surface area (Å²) in [5.41, 5.74) is 7.96. The maximum absolute atomic E-state index is 5.62. The molecule has 0 aliphatic carbocycles. The van der Waals surface area contributed by atoms with Crippen molar-refractivity contribution in [1.29, 1.82) is 0 Å². The highest BCUT2D eigenvalue weighted by Gasteiger charge is 2.20. The Bertz CT molecular complexity index is 751. The third kappa shape index (κ3) is 5.18. The van der Waals surface area contributed by atoms with E-state index in [-0.39, 0.29) is 6.17 Å². The van der Waals surface area contributed by atoms with E-state index in [0.29, 0.717) is 24.3 Å². The molecule has 2 unspecified atom stereocenters. The van der Waals surface area contributed by atoms with Crippen LogP contribution in [0.2, 0.25) is 0 Å². The van der Waals surface area contributed by atoms with Crippen molar-refractivity contribution in [2.24, 2.45) is 4.99 Å². The van der Waals surface area contributed by atoms with Gasteiger partial charge in [-0.15, -0.1) is 5.48 Å². The summed E-state index contributed by atoms with van der Waals surface area (Å²) >= 11 is 0. The molecule has 1 aliphatic heterocycles. The van der Waals surface area contributed by atoms with Crippen LogP contribution in [0.3, 0.4) is 0 Å². The zero-order valence-corrected chi connectivity index (χ0v) is 16.7. The normalized spacial score (nSPS) is 17.7. The number of benzene rings is 2. The lowest BCUT2D eigenvalue weighted by molar-refractivity contribution is 0.173. The van der Waals surface area contributed by atoms with E-state index in [4.69, 9.17) is 14.6 Å². The van der Waals surface area contributed by atoms with Crippen LogP contribution < -0.4 is 5.48 Å². The lowest BCUT2D eigenvalue weighted by Gasteiger charge is -2.14.